The molecule has 1 saturated carbocycles. The second-order valence-electron chi connectivity index (χ2n) is 7.08. The molecule has 100 valence electrons. The molecule has 0 aromatic rings. The first-order valence-electron chi connectivity index (χ1n) is 7.03. The van der Waals surface area contributed by atoms with E-state index in [0.717, 1.165) is 6.42 Å². The highest BCUT2D eigenvalue weighted by atomic mass is 16.1. The van der Waals surface area contributed by atoms with Crippen molar-refractivity contribution >= 4 is 5.91 Å². The van der Waals surface area contributed by atoms with E-state index in [1.54, 1.807) is 0 Å². The summed E-state index contributed by atoms with van der Waals surface area (Å²) < 4.78 is 0. The van der Waals surface area contributed by atoms with Gasteiger partial charge in [0.1, 0.15) is 0 Å². The van der Waals surface area contributed by atoms with Crippen LogP contribution in [0.4, 0.5) is 0 Å². The Morgan fingerprint density at radius 2 is 1.82 bits per heavy atom. The average Bonchev–Trinajstić information content (AvgIpc) is 2.14. The molecule has 1 N–H and O–H groups in total. The fourth-order valence-corrected chi connectivity index (χ4v) is 3.08. The molecule has 0 bridgehead atoms. The molecule has 2 atom stereocenters. The van der Waals surface area contributed by atoms with E-state index < -0.39 is 0 Å². The number of amides is 1. The van der Waals surface area contributed by atoms with Crippen LogP contribution in [0.15, 0.2) is 0 Å². The molecule has 0 spiro atoms. The van der Waals surface area contributed by atoms with Gasteiger partial charge in [-0.1, -0.05) is 27.7 Å². The molecule has 2 nitrogen and oxygen atoms in total. The largest absolute Gasteiger partial charge is 0.354 e. The topological polar surface area (TPSA) is 29.1 Å². The first kappa shape index (κ1) is 14.5. The summed E-state index contributed by atoms with van der Waals surface area (Å²) in [5.41, 5.74) is 0.324. The maximum Gasteiger partial charge on any atom is 0.223 e. The molecular weight excluding hydrogens is 210 g/mol. The predicted octanol–water partition coefficient (Wildman–Crippen LogP) is 3.61. The Bertz CT molecular complexity index is 268. The van der Waals surface area contributed by atoms with E-state index in [-0.39, 0.29) is 17.9 Å². The number of hydrogen-bond acceptors (Lipinski definition) is 1. The van der Waals surface area contributed by atoms with Gasteiger partial charge in [0.2, 0.25) is 5.91 Å². The van der Waals surface area contributed by atoms with E-state index in [2.05, 4.69) is 33.0 Å². The Labute approximate surface area is 107 Å². The van der Waals surface area contributed by atoms with Crippen LogP contribution >= 0.6 is 0 Å². The van der Waals surface area contributed by atoms with Gasteiger partial charge >= 0.3 is 0 Å². The van der Waals surface area contributed by atoms with E-state index in [1.807, 2.05) is 13.8 Å². The Morgan fingerprint density at radius 1 is 1.24 bits per heavy atom. The van der Waals surface area contributed by atoms with Crippen molar-refractivity contribution in [2.45, 2.75) is 66.8 Å². The molecule has 1 aliphatic carbocycles. The van der Waals surface area contributed by atoms with Crippen LogP contribution < -0.4 is 5.32 Å². The molecule has 1 rings (SSSR count). The van der Waals surface area contributed by atoms with Gasteiger partial charge in [-0.2, -0.15) is 0 Å². The van der Waals surface area contributed by atoms with Crippen molar-refractivity contribution in [1.29, 1.82) is 0 Å². The van der Waals surface area contributed by atoms with Crippen molar-refractivity contribution in [3.05, 3.63) is 0 Å². The van der Waals surface area contributed by atoms with Crippen molar-refractivity contribution in [3.8, 4) is 0 Å². The van der Waals surface area contributed by atoms with E-state index in [9.17, 15) is 4.79 Å². The van der Waals surface area contributed by atoms with Crippen molar-refractivity contribution in [1.82, 2.24) is 5.32 Å². The van der Waals surface area contributed by atoms with Gasteiger partial charge in [-0.15, -0.1) is 0 Å². The zero-order chi connectivity index (χ0) is 13.2. The second-order valence-corrected chi connectivity index (χ2v) is 7.08. The molecule has 1 aliphatic rings. The summed E-state index contributed by atoms with van der Waals surface area (Å²) in [6.07, 6.45) is 3.48. The quantitative estimate of drug-likeness (QED) is 0.801. The Hall–Kier alpha value is -0.530. The molecule has 1 fully saturated rings. The summed E-state index contributed by atoms with van der Waals surface area (Å²) in [7, 11) is 0. The van der Waals surface area contributed by atoms with E-state index in [0.29, 0.717) is 17.3 Å². The maximum absolute atomic E-state index is 12.3. The SMILES string of the molecule is CC(C)NC(=O)C1CC(C)(C)CCC1C(C)C. The lowest BCUT2D eigenvalue weighted by atomic mass is 9.64. The molecular formula is C15H29NO. The van der Waals surface area contributed by atoms with Gasteiger partial charge in [0.05, 0.1) is 0 Å². The van der Waals surface area contributed by atoms with Gasteiger partial charge in [-0.25, -0.2) is 0 Å². The van der Waals surface area contributed by atoms with Gasteiger partial charge in [-0.05, 0) is 50.4 Å². The molecule has 2 heteroatoms. The molecule has 0 aromatic heterocycles. The summed E-state index contributed by atoms with van der Waals surface area (Å²) in [6, 6.07) is 0.250. The molecule has 2 unspecified atom stereocenters. The van der Waals surface area contributed by atoms with Crippen molar-refractivity contribution in [3.63, 3.8) is 0 Å². The van der Waals surface area contributed by atoms with Crippen molar-refractivity contribution in [2.24, 2.45) is 23.2 Å². The van der Waals surface area contributed by atoms with Gasteiger partial charge in [0, 0.05) is 12.0 Å². The number of carbonyl (C=O) groups excluding carboxylic acids is 1. The third-order valence-corrected chi connectivity index (χ3v) is 4.07. The number of carbonyl (C=O) groups is 1. The highest BCUT2D eigenvalue weighted by Crippen LogP contribution is 2.44. The van der Waals surface area contributed by atoms with E-state index >= 15 is 0 Å². The molecule has 0 radical (unpaired) electrons. The summed E-state index contributed by atoms with van der Waals surface area (Å²) in [4.78, 5) is 12.3. The average molecular weight is 239 g/mol. The zero-order valence-corrected chi connectivity index (χ0v) is 12.3. The number of nitrogens with one attached hydrogen (secondary N) is 1. The molecule has 0 aliphatic heterocycles. The zero-order valence-electron chi connectivity index (χ0n) is 12.3. The Morgan fingerprint density at radius 3 is 2.29 bits per heavy atom. The maximum atomic E-state index is 12.3. The minimum Gasteiger partial charge on any atom is -0.354 e. The van der Waals surface area contributed by atoms with E-state index in [4.69, 9.17) is 0 Å². The van der Waals surface area contributed by atoms with E-state index in [1.165, 1.54) is 12.8 Å². The van der Waals surface area contributed by atoms with Crippen LogP contribution in [0.25, 0.3) is 0 Å². The minimum atomic E-state index is 0.209. The third kappa shape index (κ3) is 4.01. The number of rotatable bonds is 3. The minimum absolute atomic E-state index is 0.209. The van der Waals surface area contributed by atoms with Crippen molar-refractivity contribution < 1.29 is 4.79 Å². The Kier molecular flexibility index (Phi) is 4.62. The van der Waals surface area contributed by atoms with Crippen LogP contribution in [-0.4, -0.2) is 11.9 Å². The first-order chi connectivity index (χ1) is 7.73. The first-order valence-corrected chi connectivity index (χ1v) is 7.03. The van der Waals surface area contributed by atoms with Crippen molar-refractivity contribution in [2.75, 3.05) is 0 Å². The fourth-order valence-electron chi connectivity index (χ4n) is 3.08. The number of hydrogen-bond donors (Lipinski definition) is 1. The standard InChI is InChI=1S/C15H29NO/c1-10(2)12-7-8-15(5,6)9-13(12)14(17)16-11(3)4/h10-13H,7-9H2,1-6H3,(H,16,17). The molecule has 0 aromatic carbocycles. The van der Waals surface area contributed by atoms with Crippen LogP contribution in [0.5, 0.6) is 0 Å². The summed E-state index contributed by atoms with van der Waals surface area (Å²) in [5.74, 6) is 1.64. The van der Waals surface area contributed by atoms with Crippen LogP contribution in [-0.2, 0) is 4.79 Å². The van der Waals surface area contributed by atoms with Crippen LogP contribution in [0, 0.1) is 23.2 Å². The highest BCUT2D eigenvalue weighted by molar-refractivity contribution is 5.79. The lowest BCUT2D eigenvalue weighted by molar-refractivity contribution is -0.131. The van der Waals surface area contributed by atoms with Crippen LogP contribution in [0.3, 0.4) is 0 Å². The lowest BCUT2D eigenvalue weighted by Gasteiger charge is -2.42. The monoisotopic (exact) mass is 239 g/mol. The molecule has 17 heavy (non-hydrogen) atoms. The van der Waals surface area contributed by atoms with Gasteiger partial charge in [0.25, 0.3) is 0 Å². The van der Waals surface area contributed by atoms with Gasteiger partial charge in [0.15, 0.2) is 0 Å². The normalized spacial score (nSPS) is 28.5. The summed E-state index contributed by atoms with van der Waals surface area (Å²) >= 11 is 0. The van der Waals surface area contributed by atoms with Crippen LogP contribution in [0.1, 0.15) is 60.8 Å². The van der Waals surface area contributed by atoms with Gasteiger partial charge in [-0.3, -0.25) is 4.79 Å². The molecule has 0 saturated heterocycles. The third-order valence-electron chi connectivity index (χ3n) is 4.07. The Balaban J connectivity index is 2.77. The van der Waals surface area contributed by atoms with Crippen LogP contribution in [0.2, 0.25) is 0 Å². The smallest absolute Gasteiger partial charge is 0.223 e. The summed E-state index contributed by atoms with van der Waals surface area (Å²) in [6.45, 7) is 13.2. The molecule has 0 heterocycles. The summed E-state index contributed by atoms with van der Waals surface area (Å²) in [5, 5.41) is 3.10. The fraction of sp³-hybridized carbons (Fsp3) is 0.933. The highest BCUT2D eigenvalue weighted by Gasteiger charge is 2.39. The second kappa shape index (κ2) is 5.41. The predicted molar refractivity (Wildman–Crippen MR) is 72.7 cm³/mol. The van der Waals surface area contributed by atoms with Gasteiger partial charge < -0.3 is 5.32 Å². The molecule has 1 amide bonds. The lowest BCUT2D eigenvalue weighted by Crippen LogP contribution is -2.44.